The fourth-order valence-corrected chi connectivity index (χ4v) is 10.8. The summed E-state index contributed by atoms with van der Waals surface area (Å²) in [5.74, 6) is 2.02. The third kappa shape index (κ3) is 9.09. The van der Waals surface area contributed by atoms with Crippen LogP contribution in [0, 0.1) is 25.0 Å². The number of pyridine rings is 2. The van der Waals surface area contributed by atoms with Crippen molar-refractivity contribution in [2.75, 3.05) is 0 Å². The second-order valence-corrected chi connectivity index (χ2v) is 24.5. The zero-order valence-electron chi connectivity index (χ0n) is 39.7. The van der Waals surface area contributed by atoms with Crippen LogP contribution in [0.1, 0.15) is 75.8 Å². The zero-order chi connectivity index (χ0) is 45.6. The van der Waals surface area contributed by atoms with Crippen molar-refractivity contribution in [1.82, 2.24) is 19.5 Å². The minimum Gasteiger partial charge on any atom is -0.486 e. The van der Waals surface area contributed by atoms with Crippen molar-refractivity contribution < 1.29 is 24.5 Å². The summed E-state index contributed by atoms with van der Waals surface area (Å²) in [7, 11) is -1.34. The maximum atomic E-state index is 6.53. The van der Waals surface area contributed by atoms with E-state index in [0.717, 1.165) is 67.5 Å². The molecule has 5 nitrogen and oxygen atoms in total. The maximum absolute atomic E-state index is 6.53. The molecule has 4 aromatic heterocycles. The third-order valence-electron chi connectivity index (χ3n) is 12.4. The van der Waals surface area contributed by atoms with Gasteiger partial charge in [0.1, 0.15) is 0 Å². The van der Waals surface area contributed by atoms with Crippen molar-refractivity contribution in [3.05, 3.63) is 174 Å². The van der Waals surface area contributed by atoms with Gasteiger partial charge in [0.15, 0.2) is 0 Å². The van der Waals surface area contributed by atoms with Crippen LogP contribution in [0.3, 0.4) is 0 Å². The topological polar surface area (TPSA) is 56.7 Å². The van der Waals surface area contributed by atoms with Crippen LogP contribution in [0.2, 0.25) is 19.6 Å². The fourth-order valence-electron chi connectivity index (χ4n) is 9.18. The van der Waals surface area contributed by atoms with Crippen molar-refractivity contribution >= 4 is 57.1 Å². The molecule has 1 radical (unpaired) electrons. The molecule has 7 heteroatoms. The summed E-state index contributed by atoms with van der Waals surface area (Å²) >= 11 is 0. The molecule has 0 aliphatic carbocycles. The minimum atomic E-state index is -1.34. The van der Waals surface area contributed by atoms with E-state index in [4.69, 9.17) is 14.4 Å². The Morgan fingerprint density at radius 2 is 1.38 bits per heavy atom. The van der Waals surface area contributed by atoms with Crippen molar-refractivity contribution in [1.29, 1.82) is 0 Å². The van der Waals surface area contributed by atoms with Crippen LogP contribution in [-0.2, 0) is 26.5 Å². The number of nitrogens with zero attached hydrogens (tertiary/aromatic N) is 4. The van der Waals surface area contributed by atoms with Crippen molar-refractivity contribution in [3.63, 3.8) is 0 Å². The molecule has 0 spiro atoms. The van der Waals surface area contributed by atoms with Gasteiger partial charge in [-0.25, -0.2) is 4.98 Å². The number of hydrogen-bond acceptors (Lipinski definition) is 4. The number of furan rings is 1. The molecule has 0 fully saturated rings. The minimum absolute atomic E-state index is 0. The monoisotopic (exact) mass is 1060 g/mol. The van der Waals surface area contributed by atoms with Gasteiger partial charge >= 0.3 is 0 Å². The normalized spacial score (nSPS) is 11.8. The Labute approximate surface area is 404 Å². The molecule has 10 aromatic rings. The first-order valence-electron chi connectivity index (χ1n) is 23.1. The Morgan fingerprint density at radius 1 is 0.667 bits per heavy atom. The number of benzene rings is 6. The van der Waals surface area contributed by atoms with Gasteiger partial charge in [-0.15, -0.1) is 54.1 Å². The smallest absolute Gasteiger partial charge is 0.216 e. The molecule has 4 heterocycles. The van der Waals surface area contributed by atoms with Crippen LogP contribution in [0.25, 0.3) is 83.3 Å². The molecule has 335 valence electrons. The zero-order valence-corrected chi connectivity index (χ0v) is 43.1. The van der Waals surface area contributed by atoms with Gasteiger partial charge in [-0.05, 0) is 100.0 Å². The Hall–Kier alpha value is -5.98. The number of imidazole rings is 1. The van der Waals surface area contributed by atoms with Gasteiger partial charge in [0.25, 0.3) is 0 Å². The van der Waals surface area contributed by atoms with Crippen LogP contribution in [0.15, 0.2) is 144 Å². The van der Waals surface area contributed by atoms with E-state index >= 15 is 0 Å². The van der Waals surface area contributed by atoms with E-state index in [9.17, 15) is 0 Å². The number of fused-ring (bicyclic) bond motifs is 6. The standard InChI is InChI=1S/C41H34N3O.C18H24NSi.Ir/c1-24(2)34-22-29(27-12-7-6-8-13-27)23-35(25(3)4)38(34)44-36-21-19-28-14-9-10-15-30(28)37(36)43-40(44)33-17-11-16-31-32-20-18-26(5)42-41(32)45-39(31)33;1-14(2)11-16-12-17(15-9-7-6-8-10-15)19-13-18(16)20(3,4)5;/h6-16,18-25H,1-5H3;6-9,12-14H,11H2,1-5H3;/q2*-1;. The maximum Gasteiger partial charge on any atom is 0.216 e. The van der Waals surface area contributed by atoms with Crippen molar-refractivity contribution in [3.8, 4) is 39.5 Å². The first-order valence-corrected chi connectivity index (χ1v) is 26.6. The second-order valence-electron chi connectivity index (χ2n) is 19.5. The van der Waals surface area contributed by atoms with Gasteiger partial charge in [-0.1, -0.05) is 144 Å². The van der Waals surface area contributed by atoms with E-state index in [1.165, 1.54) is 44.1 Å². The van der Waals surface area contributed by atoms with Gasteiger partial charge < -0.3 is 14.0 Å². The van der Waals surface area contributed by atoms with Crippen LogP contribution in [0.4, 0.5) is 0 Å². The van der Waals surface area contributed by atoms with E-state index in [1.807, 2.05) is 37.3 Å². The van der Waals surface area contributed by atoms with Crippen LogP contribution >= 0.6 is 0 Å². The van der Waals surface area contributed by atoms with E-state index in [0.29, 0.717) is 11.6 Å². The molecule has 10 rings (SSSR count). The Morgan fingerprint density at radius 3 is 2.06 bits per heavy atom. The molecule has 0 amide bonds. The predicted molar refractivity (Wildman–Crippen MR) is 276 cm³/mol. The molecular weight excluding hydrogens is 1000 g/mol. The summed E-state index contributed by atoms with van der Waals surface area (Å²) < 4.78 is 8.90. The van der Waals surface area contributed by atoms with Crippen molar-refractivity contribution in [2.24, 2.45) is 5.92 Å². The first kappa shape index (κ1) is 46.5. The SMILES string of the molecule is CC(C)Cc1cc(-c2[c-]cccc2)ncc1[Si](C)(C)C.Cc1ccc2c(n1)oc1c(-c3nc4c5ccccc5ccc4n3-c3c(C(C)C)cc(-c4ccccc4)cc3C(C)C)[c-]ccc12.[Ir]. The fraction of sp³-hybridized carbons (Fsp3) is 0.237. The summed E-state index contributed by atoms with van der Waals surface area (Å²) in [6, 6.07) is 53.7. The van der Waals surface area contributed by atoms with Gasteiger partial charge in [0.2, 0.25) is 5.71 Å². The average Bonchev–Trinajstić information content (AvgIpc) is 3.87. The average molecular weight is 1060 g/mol. The molecule has 0 saturated carbocycles. The Bertz CT molecular complexity index is 3300. The second kappa shape index (κ2) is 19.1. The molecule has 0 saturated heterocycles. The van der Waals surface area contributed by atoms with Crippen LogP contribution in [0.5, 0.6) is 0 Å². The summed E-state index contributed by atoms with van der Waals surface area (Å²) in [4.78, 5) is 14.9. The quantitative estimate of drug-likeness (QED) is 0.107. The van der Waals surface area contributed by atoms with E-state index < -0.39 is 8.07 Å². The Balaban J connectivity index is 0.000000238. The molecule has 0 atom stereocenters. The van der Waals surface area contributed by atoms with E-state index in [1.54, 1.807) is 0 Å². The van der Waals surface area contributed by atoms with Crippen LogP contribution < -0.4 is 5.19 Å². The van der Waals surface area contributed by atoms with Crippen LogP contribution in [-0.4, -0.2) is 27.6 Å². The molecule has 0 bridgehead atoms. The summed E-state index contributed by atoms with van der Waals surface area (Å²) in [5, 5.41) is 5.80. The van der Waals surface area contributed by atoms with E-state index in [-0.39, 0.29) is 31.9 Å². The number of rotatable bonds is 9. The Kier molecular flexibility index (Phi) is 13.5. The van der Waals surface area contributed by atoms with Gasteiger partial charge in [-0.3, -0.25) is 4.98 Å². The first-order chi connectivity index (χ1) is 31.3. The predicted octanol–water partition coefficient (Wildman–Crippen LogP) is 15.5. The van der Waals surface area contributed by atoms with Gasteiger partial charge in [0, 0.05) is 48.5 Å². The largest absolute Gasteiger partial charge is 0.486 e. The summed E-state index contributed by atoms with van der Waals surface area (Å²) in [6.07, 6.45) is 3.24. The van der Waals surface area contributed by atoms with Crippen molar-refractivity contribution in [2.45, 2.75) is 86.4 Å². The third-order valence-corrected chi connectivity index (χ3v) is 14.4. The molecule has 0 unspecified atom stereocenters. The number of aryl methyl sites for hydroxylation is 1. The van der Waals surface area contributed by atoms with Gasteiger partial charge in [0.05, 0.1) is 30.5 Å². The molecule has 66 heavy (non-hydrogen) atoms. The molecule has 6 aromatic carbocycles. The molecule has 0 aliphatic heterocycles. The molecule has 0 aliphatic rings. The van der Waals surface area contributed by atoms with Gasteiger partial charge in [-0.2, -0.15) is 0 Å². The molecule has 0 N–H and O–H groups in total. The summed E-state index contributed by atoms with van der Waals surface area (Å²) in [6.45, 7) is 22.9. The number of aromatic nitrogens is 4. The summed E-state index contributed by atoms with van der Waals surface area (Å²) in [5.41, 5.74) is 15.0. The molecular formula is C59H58IrN4OSi-2. The number of hydrogen-bond donors (Lipinski definition) is 0. The van der Waals surface area contributed by atoms with E-state index in [2.05, 4.69) is 192 Å².